The van der Waals surface area contributed by atoms with E-state index in [2.05, 4.69) is 0 Å². The van der Waals surface area contributed by atoms with Crippen LogP contribution < -0.4 is 4.74 Å². The quantitative estimate of drug-likeness (QED) is 0.807. The third-order valence-electron chi connectivity index (χ3n) is 4.55. The zero-order chi connectivity index (χ0) is 19.6. The molecule has 27 heavy (non-hydrogen) atoms. The van der Waals surface area contributed by atoms with Crippen LogP contribution >= 0.6 is 0 Å². The van der Waals surface area contributed by atoms with E-state index in [1.807, 2.05) is 0 Å². The summed E-state index contributed by atoms with van der Waals surface area (Å²) in [6, 6.07) is 10.2. The number of ether oxygens (including phenoxy) is 1. The van der Waals surface area contributed by atoms with Crippen molar-refractivity contribution in [1.82, 2.24) is 4.90 Å². The second-order valence-electron chi connectivity index (χ2n) is 6.64. The van der Waals surface area contributed by atoms with Crippen LogP contribution in [-0.4, -0.2) is 35.5 Å². The van der Waals surface area contributed by atoms with Gasteiger partial charge < -0.3 is 14.7 Å². The number of carbonyl (C=O) groups is 2. The smallest absolute Gasteiger partial charge is 0.341 e. The summed E-state index contributed by atoms with van der Waals surface area (Å²) in [5.74, 6) is -2.47. The molecule has 0 saturated heterocycles. The Balaban J connectivity index is 1.56. The first-order valence-corrected chi connectivity index (χ1v) is 8.48. The fourth-order valence-electron chi connectivity index (χ4n) is 3.08. The lowest BCUT2D eigenvalue weighted by Gasteiger charge is -2.18. The topological polar surface area (TPSA) is 66.8 Å². The third-order valence-corrected chi connectivity index (χ3v) is 4.55. The number of rotatable bonds is 7. The van der Waals surface area contributed by atoms with Crippen LogP contribution in [0.25, 0.3) is 0 Å². The molecule has 0 radical (unpaired) electrons. The maximum absolute atomic E-state index is 13.9. The highest BCUT2D eigenvalue weighted by atomic mass is 19.1. The fraction of sp³-hybridized carbons (Fsp3) is 0.300. The minimum atomic E-state index is -1.05. The van der Waals surface area contributed by atoms with E-state index >= 15 is 0 Å². The van der Waals surface area contributed by atoms with Gasteiger partial charge in [-0.25, -0.2) is 13.6 Å². The molecule has 1 aliphatic carbocycles. The van der Waals surface area contributed by atoms with Gasteiger partial charge in [0.05, 0.1) is 0 Å². The van der Waals surface area contributed by atoms with E-state index in [0.717, 1.165) is 11.6 Å². The summed E-state index contributed by atoms with van der Waals surface area (Å²) in [4.78, 5) is 24.6. The average Bonchev–Trinajstić information content (AvgIpc) is 3.40. The van der Waals surface area contributed by atoms with Crippen LogP contribution in [0.2, 0.25) is 0 Å². The minimum absolute atomic E-state index is 0.0880. The molecule has 142 valence electrons. The molecule has 0 aliphatic heterocycles. The van der Waals surface area contributed by atoms with Gasteiger partial charge in [-0.3, -0.25) is 4.79 Å². The molecular weight excluding hydrogens is 356 g/mol. The van der Waals surface area contributed by atoms with Crippen molar-refractivity contribution >= 4 is 11.9 Å². The molecule has 3 rings (SSSR count). The Bertz CT molecular complexity index is 854. The second-order valence-corrected chi connectivity index (χ2v) is 6.64. The number of carboxylic acid groups (broad SMARTS) is 1. The number of carbonyl (C=O) groups excluding carboxylic acids is 1. The molecule has 1 fully saturated rings. The standard InChI is InChI=1S/C20H19F2NO4/c1-23(10-12-2-5-14(6-3-12)27-11-19(24)25)20(26)17-9-16(17)15-7-4-13(21)8-18(15)22/h2-8,16-17H,9-11H2,1H3,(H,24,25)/t16-,17-/m1/s1. The third kappa shape index (κ3) is 4.61. The van der Waals surface area contributed by atoms with Gasteiger partial charge in [0.2, 0.25) is 5.91 Å². The summed E-state index contributed by atoms with van der Waals surface area (Å²) in [6.07, 6.45) is 0.549. The van der Waals surface area contributed by atoms with E-state index in [1.54, 1.807) is 36.2 Å². The highest BCUT2D eigenvalue weighted by Crippen LogP contribution is 2.49. The molecule has 5 nitrogen and oxygen atoms in total. The first-order valence-electron chi connectivity index (χ1n) is 8.48. The first-order chi connectivity index (χ1) is 12.8. The highest BCUT2D eigenvalue weighted by Gasteiger charge is 2.46. The van der Waals surface area contributed by atoms with Crippen molar-refractivity contribution in [3.8, 4) is 5.75 Å². The van der Waals surface area contributed by atoms with E-state index in [9.17, 15) is 18.4 Å². The Kier molecular flexibility index (Phi) is 5.39. The molecule has 0 heterocycles. The molecule has 0 spiro atoms. The summed E-state index contributed by atoms with van der Waals surface area (Å²) < 4.78 is 31.9. The average molecular weight is 375 g/mol. The van der Waals surface area contributed by atoms with Gasteiger partial charge in [-0.05, 0) is 41.7 Å². The molecule has 7 heteroatoms. The van der Waals surface area contributed by atoms with Crippen LogP contribution in [0.4, 0.5) is 8.78 Å². The molecule has 1 saturated carbocycles. The van der Waals surface area contributed by atoms with Gasteiger partial charge in [-0.2, -0.15) is 0 Å². The molecule has 2 atom stereocenters. The van der Waals surface area contributed by atoms with Crippen molar-refractivity contribution in [2.75, 3.05) is 13.7 Å². The van der Waals surface area contributed by atoms with Crippen molar-refractivity contribution in [3.05, 3.63) is 65.2 Å². The van der Waals surface area contributed by atoms with E-state index in [1.165, 1.54) is 12.1 Å². The molecule has 0 bridgehead atoms. The number of nitrogens with zero attached hydrogens (tertiary/aromatic N) is 1. The number of hydrogen-bond donors (Lipinski definition) is 1. The van der Waals surface area contributed by atoms with Crippen LogP contribution in [0.15, 0.2) is 42.5 Å². The summed E-state index contributed by atoms with van der Waals surface area (Å²) in [5, 5.41) is 8.59. The molecule has 0 unspecified atom stereocenters. The summed E-state index contributed by atoms with van der Waals surface area (Å²) in [6.45, 7) is -0.0477. The van der Waals surface area contributed by atoms with Gasteiger partial charge in [0, 0.05) is 25.6 Å². The molecular formula is C20H19F2NO4. The summed E-state index contributed by atoms with van der Waals surface area (Å²) >= 11 is 0. The largest absolute Gasteiger partial charge is 0.482 e. The van der Waals surface area contributed by atoms with Gasteiger partial charge in [0.25, 0.3) is 0 Å². The molecule has 2 aromatic carbocycles. The Hall–Kier alpha value is -2.96. The maximum atomic E-state index is 13.9. The lowest BCUT2D eigenvalue weighted by molar-refractivity contribution is -0.139. The highest BCUT2D eigenvalue weighted by molar-refractivity contribution is 5.82. The van der Waals surface area contributed by atoms with E-state index < -0.39 is 24.2 Å². The molecule has 1 aliphatic rings. The van der Waals surface area contributed by atoms with Gasteiger partial charge in [0.15, 0.2) is 6.61 Å². The fourth-order valence-corrected chi connectivity index (χ4v) is 3.08. The molecule has 1 amide bonds. The van der Waals surface area contributed by atoms with Gasteiger partial charge in [0.1, 0.15) is 17.4 Å². The Labute approximate surface area is 155 Å². The number of amides is 1. The number of aliphatic carboxylic acids is 1. The van der Waals surface area contributed by atoms with Crippen LogP contribution in [-0.2, 0) is 16.1 Å². The second kappa shape index (κ2) is 7.73. The zero-order valence-electron chi connectivity index (χ0n) is 14.7. The summed E-state index contributed by atoms with van der Waals surface area (Å²) in [7, 11) is 1.67. The summed E-state index contributed by atoms with van der Waals surface area (Å²) in [5.41, 5.74) is 1.24. The lowest BCUT2D eigenvalue weighted by atomic mass is 10.1. The predicted octanol–water partition coefficient (Wildman–Crippen LogP) is 3.19. The monoisotopic (exact) mass is 375 g/mol. The van der Waals surface area contributed by atoms with Crippen molar-refractivity contribution in [1.29, 1.82) is 0 Å². The van der Waals surface area contributed by atoms with Crippen LogP contribution in [0, 0.1) is 17.6 Å². The zero-order valence-corrected chi connectivity index (χ0v) is 14.7. The number of carboxylic acids is 1. The van der Waals surface area contributed by atoms with Crippen LogP contribution in [0.1, 0.15) is 23.5 Å². The van der Waals surface area contributed by atoms with E-state index in [4.69, 9.17) is 9.84 Å². The van der Waals surface area contributed by atoms with Gasteiger partial charge in [-0.15, -0.1) is 0 Å². The Morgan fingerprint density at radius 1 is 1.19 bits per heavy atom. The Morgan fingerprint density at radius 3 is 2.52 bits per heavy atom. The SMILES string of the molecule is CN(Cc1ccc(OCC(=O)O)cc1)C(=O)[C@@H]1C[C@@H]1c1ccc(F)cc1F. The minimum Gasteiger partial charge on any atom is -0.482 e. The number of benzene rings is 2. The number of halogens is 2. The number of hydrogen-bond acceptors (Lipinski definition) is 3. The van der Waals surface area contributed by atoms with Crippen molar-refractivity contribution < 1.29 is 28.2 Å². The molecule has 2 aromatic rings. The van der Waals surface area contributed by atoms with Crippen LogP contribution in [0.5, 0.6) is 5.75 Å². The van der Waals surface area contributed by atoms with Crippen molar-refractivity contribution in [2.45, 2.75) is 18.9 Å². The molecule has 1 N–H and O–H groups in total. The van der Waals surface area contributed by atoms with Crippen molar-refractivity contribution in [3.63, 3.8) is 0 Å². The van der Waals surface area contributed by atoms with Crippen molar-refractivity contribution in [2.24, 2.45) is 5.92 Å². The predicted molar refractivity (Wildman–Crippen MR) is 93.3 cm³/mol. The van der Waals surface area contributed by atoms with Crippen LogP contribution in [0.3, 0.4) is 0 Å². The first kappa shape index (κ1) is 18.8. The lowest BCUT2D eigenvalue weighted by Crippen LogP contribution is -2.28. The normalized spacial score (nSPS) is 18.0. The molecule has 0 aromatic heterocycles. The van der Waals surface area contributed by atoms with Gasteiger partial charge in [-0.1, -0.05) is 18.2 Å². The van der Waals surface area contributed by atoms with E-state index in [0.29, 0.717) is 24.3 Å². The Morgan fingerprint density at radius 2 is 1.89 bits per heavy atom. The van der Waals surface area contributed by atoms with E-state index in [-0.39, 0.29) is 17.7 Å². The van der Waals surface area contributed by atoms with Gasteiger partial charge >= 0.3 is 5.97 Å². The maximum Gasteiger partial charge on any atom is 0.341 e.